The van der Waals surface area contributed by atoms with Gasteiger partial charge in [-0.3, -0.25) is 9.59 Å². The van der Waals surface area contributed by atoms with Crippen LogP contribution in [0.25, 0.3) is 0 Å². The number of pyridine rings is 1. The summed E-state index contributed by atoms with van der Waals surface area (Å²) >= 11 is 5.97. The summed E-state index contributed by atoms with van der Waals surface area (Å²) in [6, 6.07) is 10.7. The fraction of sp³-hybridized carbons (Fsp3) is 0.100. The zero-order chi connectivity index (χ0) is 21.2. The van der Waals surface area contributed by atoms with Crippen molar-refractivity contribution in [2.45, 2.75) is 12.7 Å². The van der Waals surface area contributed by atoms with Crippen LogP contribution < -0.4 is 10.9 Å². The molecule has 0 aliphatic carbocycles. The Hall–Kier alpha value is -3.13. The Morgan fingerprint density at radius 1 is 1.07 bits per heavy atom. The molecule has 9 heteroatoms. The third-order valence-corrected chi connectivity index (χ3v) is 4.46. The third-order valence-electron chi connectivity index (χ3n) is 4.10. The van der Waals surface area contributed by atoms with E-state index in [-0.39, 0.29) is 28.4 Å². The highest BCUT2D eigenvalue weighted by atomic mass is 35.5. The standard InChI is InChI=1S/C20H13ClF4N2O2/c21-16-7-2-8-17(22)15(16)11-27-9-3-6-14(19(27)29)18(28)26-13-5-1-4-12(10-13)20(23,24)25/h1-10H,11H2,(H,26,28). The van der Waals surface area contributed by atoms with Crippen LogP contribution in [0, 0.1) is 5.82 Å². The third kappa shape index (κ3) is 4.65. The molecule has 0 unspecified atom stereocenters. The first kappa shape index (κ1) is 20.6. The number of hydrogen-bond donors (Lipinski definition) is 1. The van der Waals surface area contributed by atoms with Gasteiger partial charge in [0.1, 0.15) is 11.4 Å². The van der Waals surface area contributed by atoms with Crippen molar-refractivity contribution in [1.29, 1.82) is 0 Å². The summed E-state index contributed by atoms with van der Waals surface area (Å²) in [4.78, 5) is 25.0. The van der Waals surface area contributed by atoms with Crippen LogP contribution in [0.1, 0.15) is 21.5 Å². The number of halogens is 5. The molecule has 1 heterocycles. The average Bonchev–Trinajstić information content (AvgIpc) is 2.65. The van der Waals surface area contributed by atoms with Crippen LogP contribution in [0.15, 0.2) is 65.6 Å². The Morgan fingerprint density at radius 3 is 2.48 bits per heavy atom. The van der Waals surface area contributed by atoms with Crippen molar-refractivity contribution in [3.63, 3.8) is 0 Å². The molecule has 0 aliphatic rings. The highest BCUT2D eigenvalue weighted by Gasteiger charge is 2.30. The molecule has 0 saturated carbocycles. The molecule has 29 heavy (non-hydrogen) atoms. The zero-order valence-corrected chi connectivity index (χ0v) is 15.4. The quantitative estimate of drug-likeness (QED) is 0.602. The Labute approximate surface area is 167 Å². The Balaban J connectivity index is 1.88. The minimum Gasteiger partial charge on any atom is -0.322 e. The average molecular weight is 425 g/mol. The fourth-order valence-electron chi connectivity index (χ4n) is 2.66. The van der Waals surface area contributed by atoms with Gasteiger partial charge >= 0.3 is 6.18 Å². The first-order valence-electron chi connectivity index (χ1n) is 8.28. The van der Waals surface area contributed by atoms with Crippen LogP contribution in [-0.2, 0) is 12.7 Å². The smallest absolute Gasteiger partial charge is 0.322 e. The molecule has 0 aliphatic heterocycles. The molecule has 1 aromatic heterocycles. The number of carbonyl (C=O) groups excluding carboxylic acids is 1. The molecular weight excluding hydrogens is 412 g/mol. The van der Waals surface area contributed by atoms with E-state index in [0.717, 1.165) is 22.8 Å². The van der Waals surface area contributed by atoms with Gasteiger partial charge in [0.15, 0.2) is 0 Å². The Kier molecular flexibility index (Phi) is 5.74. The molecule has 0 radical (unpaired) electrons. The number of hydrogen-bond acceptors (Lipinski definition) is 2. The summed E-state index contributed by atoms with van der Waals surface area (Å²) in [6.45, 7) is -0.213. The monoisotopic (exact) mass is 424 g/mol. The summed E-state index contributed by atoms with van der Waals surface area (Å²) < 4.78 is 53.5. The number of aromatic nitrogens is 1. The molecule has 0 fully saturated rings. The number of nitrogens with zero attached hydrogens (tertiary/aromatic N) is 1. The Bertz CT molecular complexity index is 1110. The molecule has 4 nitrogen and oxygen atoms in total. The molecule has 1 N–H and O–H groups in total. The van der Waals surface area contributed by atoms with Crippen LogP contribution in [-0.4, -0.2) is 10.5 Å². The molecule has 1 amide bonds. The van der Waals surface area contributed by atoms with E-state index in [0.29, 0.717) is 0 Å². The second-order valence-electron chi connectivity index (χ2n) is 6.09. The first-order valence-corrected chi connectivity index (χ1v) is 8.65. The lowest BCUT2D eigenvalue weighted by Gasteiger charge is -2.12. The van der Waals surface area contributed by atoms with Crippen LogP contribution in [0.3, 0.4) is 0 Å². The van der Waals surface area contributed by atoms with E-state index < -0.39 is 29.0 Å². The maximum absolute atomic E-state index is 14.0. The maximum Gasteiger partial charge on any atom is 0.416 e. The van der Waals surface area contributed by atoms with Crippen LogP contribution in [0.5, 0.6) is 0 Å². The molecule has 2 aromatic carbocycles. The van der Waals surface area contributed by atoms with Gasteiger partial charge in [-0.2, -0.15) is 13.2 Å². The normalized spacial score (nSPS) is 11.3. The van der Waals surface area contributed by atoms with Gasteiger partial charge in [-0.15, -0.1) is 0 Å². The first-order chi connectivity index (χ1) is 13.7. The van der Waals surface area contributed by atoms with Gasteiger partial charge in [0.25, 0.3) is 11.5 Å². The molecule has 0 bridgehead atoms. The fourth-order valence-corrected chi connectivity index (χ4v) is 2.88. The van der Waals surface area contributed by atoms with E-state index in [1.807, 2.05) is 0 Å². The van der Waals surface area contributed by atoms with Crippen molar-refractivity contribution in [3.05, 3.63) is 98.7 Å². The zero-order valence-electron chi connectivity index (χ0n) is 14.6. The second-order valence-corrected chi connectivity index (χ2v) is 6.50. The van der Waals surface area contributed by atoms with Gasteiger partial charge in [-0.25, -0.2) is 4.39 Å². The predicted octanol–water partition coefficient (Wildman–Crippen LogP) is 4.96. The van der Waals surface area contributed by atoms with Crippen LogP contribution >= 0.6 is 11.6 Å². The minimum atomic E-state index is -4.57. The predicted molar refractivity (Wildman–Crippen MR) is 101 cm³/mol. The summed E-state index contributed by atoms with van der Waals surface area (Å²) in [5.41, 5.74) is -2.02. The van der Waals surface area contributed by atoms with Crippen molar-refractivity contribution < 1.29 is 22.4 Å². The summed E-state index contributed by atoms with van der Waals surface area (Å²) in [5, 5.41) is 2.39. The van der Waals surface area contributed by atoms with Crippen LogP contribution in [0.2, 0.25) is 5.02 Å². The molecule has 3 aromatic rings. The summed E-state index contributed by atoms with van der Waals surface area (Å²) in [6.07, 6.45) is -3.22. The Morgan fingerprint density at radius 2 is 1.79 bits per heavy atom. The number of carbonyl (C=O) groups is 1. The van der Waals surface area contributed by atoms with E-state index in [4.69, 9.17) is 11.6 Å². The summed E-state index contributed by atoms with van der Waals surface area (Å²) in [5.74, 6) is -1.49. The number of anilines is 1. The topological polar surface area (TPSA) is 51.1 Å². The second kappa shape index (κ2) is 8.08. The largest absolute Gasteiger partial charge is 0.416 e. The van der Waals surface area contributed by atoms with E-state index in [1.165, 1.54) is 42.6 Å². The maximum atomic E-state index is 14.0. The van der Waals surface area contributed by atoms with Crippen molar-refractivity contribution in [2.24, 2.45) is 0 Å². The highest BCUT2D eigenvalue weighted by molar-refractivity contribution is 6.31. The van der Waals surface area contributed by atoms with E-state index >= 15 is 0 Å². The lowest BCUT2D eigenvalue weighted by Crippen LogP contribution is -2.29. The van der Waals surface area contributed by atoms with Gasteiger partial charge in [-0.1, -0.05) is 23.7 Å². The number of amides is 1. The number of rotatable bonds is 4. The molecule has 0 spiro atoms. The van der Waals surface area contributed by atoms with Crippen LogP contribution in [0.4, 0.5) is 23.2 Å². The van der Waals surface area contributed by atoms with Crippen molar-refractivity contribution in [3.8, 4) is 0 Å². The van der Waals surface area contributed by atoms with Gasteiger partial charge in [0, 0.05) is 22.5 Å². The molecule has 0 atom stereocenters. The number of benzene rings is 2. The molecular formula is C20H13ClF4N2O2. The van der Waals surface area contributed by atoms with E-state index in [2.05, 4.69) is 5.32 Å². The molecule has 0 saturated heterocycles. The van der Waals surface area contributed by atoms with Gasteiger partial charge < -0.3 is 9.88 Å². The van der Waals surface area contributed by atoms with Gasteiger partial charge in [0.05, 0.1) is 12.1 Å². The number of alkyl halides is 3. The number of nitrogens with one attached hydrogen (secondary N) is 1. The lowest BCUT2D eigenvalue weighted by molar-refractivity contribution is -0.137. The van der Waals surface area contributed by atoms with Crippen molar-refractivity contribution in [2.75, 3.05) is 5.32 Å². The molecule has 3 rings (SSSR count). The van der Waals surface area contributed by atoms with E-state index in [9.17, 15) is 27.2 Å². The van der Waals surface area contributed by atoms with Gasteiger partial charge in [-0.05, 0) is 42.5 Å². The van der Waals surface area contributed by atoms with Gasteiger partial charge in [0.2, 0.25) is 0 Å². The lowest BCUT2D eigenvalue weighted by atomic mass is 10.1. The highest BCUT2D eigenvalue weighted by Crippen LogP contribution is 2.30. The minimum absolute atomic E-state index is 0.0757. The summed E-state index contributed by atoms with van der Waals surface area (Å²) in [7, 11) is 0. The SMILES string of the molecule is O=C(Nc1cccc(C(F)(F)F)c1)c1cccn(Cc2c(F)cccc2Cl)c1=O. The van der Waals surface area contributed by atoms with Crippen molar-refractivity contribution >= 4 is 23.2 Å². The van der Waals surface area contributed by atoms with E-state index in [1.54, 1.807) is 0 Å². The molecule has 150 valence electrons. The van der Waals surface area contributed by atoms with Crippen molar-refractivity contribution in [1.82, 2.24) is 4.57 Å².